The number of nitrogens with one attached hydrogen (secondary N) is 1. The van der Waals surface area contributed by atoms with Crippen molar-refractivity contribution in [2.45, 2.75) is 72.9 Å². The highest BCUT2D eigenvalue weighted by atomic mass is 15.1. The fourth-order valence-corrected chi connectivity index (χ4v) is 2.26. The molecule has 1 N–H and O–H groups in total. The van der Waals surface area contributed by atoms with E-state index in [-0.39, 0.29) is 0 Å². The topological polar surface area (TPSA) is 15.3 Å². The van der Waals surface area contributed by atoms with E-state index in [2.05, 4.69) is 58.8 Å². The summed E-state index contributed by atoms with van der Waals surface area (Å²) in [5.41, 5.74) is 0. The minimum Gasteiger partial charge on any atom is -0.313 e. The van der Waals surface area contributed by atoms with Crippen LogP contribution in [0.15, 0.2) is 0 Å². The Labute approximate surface area is 116 Å². The molecule has 2 unspecified atom stereocenters. The Morgan fingerprint density at radius 3 is 2.00 bits per heavy atom. The minimum atomic E-state index is 0.654. The summed E-state index contributed by atoms with van der Waals surface area (Å²) in [6.07, 6.45) is 3.91. The molecular formula is C16H36N2. The van der Waals surface area contributed by atoms with Gasteiger partial charge in [0.15, 0.2) is 0 Å². The van der Waals surface area contributed by atoms with Crippen molar-refractivity contribution in [1.82, 2.24) is 10.2 Å². The van der Waals surface area contributed by atoms with Crippen molar-refractivity contribution in [2.75, 3.05) is 20.1 Å². The van der Waals surface area contributed by atoms with E-state index in [1.165, 1.54) is 19.3 Å². The molecule has 18 heavy (non-hydrogen) atoms. The first-order valence-electron chi connectivity index (χ1n) is 7.76. The molecule has 0 radical (unpaired) electrons. The average molecular weight is 256 g/mol. The Morgan fingerprint density at radius 2 is 1.50 bits per heavy atom. The highest BCUT2D eigenvalue weighted by Crippen LogP contribution is 2.09. The Balaban J connectivity index is 3.63. The Hall–Kier alpha value is -0.0800. The van der Waals surface area contributed by atoms with Gasteiger partial charge in [-0.1, -0.05) is 27.7 Å². The zero-order chi connectivity index (χ0) is 14.1. The molecule has 0 rings (SSSR count). The summed E-state index contributed by atoms with van der Waals surface area (Å²) < 4.78 is 0. The van der Waals surface area contributed by atoms with Crippen molar-refractivity contribution in [3.8, 4) is 0 Å². The van der Waals surface area contributed by atoms with Crippen LogP contribution >= 0.6 is 0 Å². The van der Waals surface area contributed by atoms with Crippen molar-refractivity contribution in [2.24, 2.45) is 11.8 Å². The van der Waals surface area contributed by atoms with E-state index in [1.807, 2.05) is 0 Å². The van der Waals surface area contributed by atoms with Gasteiger partial charge in [-0.15, -0.1) is 0 Å². The predicted octanol–water partition coefficient (Wildman–Crippen LogP) is 3.77. The standard InChI is InChI=1S/C16H36N2/c1-13(2)8-9-15(5)17-10-11-18(7)16(6)12-14(3)4/h13-17H,8-12H2,1-7H3. The summed E-state index contributed by atoms with van der Waals surface area (Å²) >= 11 is 0. The summed E-state index contributed by atoms with van der Waals surface area (Å²) in [6, 6.07) is 1.35. The molecule has 0 aliphatic heterocycles. The first-order valence-corrected chi connectivity index (χ1v) is 7.76. The van der Waals surface area contributed by atoms with E-state index in [0.717, 1.165) is 24.9 Å². The molecule has 0 spiro atoms. The van der Waals surface area contributed by atoms with E-state index >= 15 is 0 Å². The summed E-state index contributed by atoms with van der Waals surface area (Å²) in [6.45, 7) is 16.1. The number of nitrogens with zero attached hydrogens (tertiary/aromatic N) is 1. The molecule has 0 aromatic rings. The molecule has 0 bridgehead atoms. The van der Waals surface area contributed by atoms with Crippen molar-refractivity contribution in [1.29, 1.82) is 0 Å². The van der Waals surface area contributed by atoms with E-state index < -0.39 is 0 Å². The smallest absolute Gasteiger partial charge is 0.0107 e. The molecular weight excluding hydrogens is 220 g/mol. The van der Waals surface area contributed by atoms with Crippen LogP contribution in [0.2, 0.25) is 0 Å². The average Bonchev–Trinajstić information content (AvgIpc) is 2.25. The van der Waals surface area contributed by atoms with Gasteiger partial charge in [-0.05, 0) is 52.0 Å². The fraction of sp³-hybridized carbons (Fsp3) is 1.00. The molecule has 0 saturated heterocycles. The van der Waals surface area contributed by atoms with E-state index in [1.54, 1.807) is 0 Å². The van der Waals surface area contributed by atoms with Gasteiger partial charge in [-0.25, -0.2) is 0 Å². The molecule has 0 aliphatic rings. The lowest BCUT2D eigenvalue weighted by molar-refractivity contribution is 0.225. The van der Waals surface area contributed by atoms with E-state index in [9.17, 15) is 0 Å². The van der Waals surface area contributed by atoms with Crippen LogP contribution in [0.5, 0.6) is 0 Å². The van der Waals surface area contributed by atoms with Crippen molar-refractivity contribution in [3.05, 3.63) is 0 Å². The third kappa shape index (κ3) is 9.90. The maximum atomic E-state index is 3.64. The van der Waals surface area contributed by atoms with Gasteiger partial charge in [0.25, 0.3) is 0 Å². The van der Waals surface area contributed by atoms with Crippen molar-refractivity contribution in [3.63, 3.8) is 0 Å². The van der Waals surface area contributed by atoms with Crippen LogP contribution < -0.4 is 5.32 Å². The van der Waals surface area contributed by atoms with Crippen molar-refractivity contribution < 1.29 is 0 Å². The number of hydrogen-bond donors (Lipinski definition) is 1. The van der Waals surface area contributed by atoms with Crippen LogP contribution in [0.3, 0.4) is 0 Å². The second-order valence-corrected chi connectivity index (χ2v) is 6.79. The van der Waals surface area contributed by atoms with Gasteiger partial charge in [-0.2, -0.15) is 0 Å². The lowest BCUT2D eigenvalue weighted by atomic mass is 10.0. The fourth-order valence-electron chi connectivity index (χ4n) is 2.26. The van der Waals surface area contributed by atoms with Crippen LogP contribution in [0.25, 0.3) is 0 Å². The summed E-state index contributed by atoms with van der Waals surface area (Å²) in [7, 11) is 2.24. The van der Waals surface area contributed by atoms with Gasteiger partial charge in [0, 0.05) is 25.2 Å². The van der Waals surface area contributed by atoms with Crippen molar-refractivity contribution >= 4 is 0 Å². The van der Waals surface area contributed by atoms with Gasteiger partial charge in [0.2, 0.25) is 0 Å². The summed E-state index contributed by atoms with van der Waals surface area (Å²) in [4.78, 5) is 2.47. The monoisotopic (exact) mass is 256 g/mol. The molecule has 0 aliphatic carbocycles. The highest BCUT2D eigenvalue weighted by Gasteiger charge is 2.11. The zero-order valence-corrected chi connectivity index (χ0v) is 13.8. The highest BCUT2D eigenvalue weighted by molar-refractivity contribution is 4.68. The van der Waals surface area contributed by atoms with Gasteiger partial charge >= 0.3 is 0 Å². The number of likely N-dealkylation sites (N-methyl/N-ethyl adjacent to an activating group) is 1. The third-order valence-electron chi connectivity index (χ3n) is 3.70. The second-order valence-electron chi connectivity index (χ2n) is 6.79. The Kier molecular flexibility index (Phi) is 9.76. The van der Waals surface area contributed by atoms with Crippen LogP contribution in [0.4, 0.5) is 0 Å². The lowest BCUT2D eigenvalue weighted by Crippen LogP contribution is -2.38. The first-order chi connectivity index (χ1) is 8.32. The molecule has 0 heterocycles. The molecule has 0 aromatic heterocycles. The van der Waals surface area contributed by atoms with Gasteiger partial charge < -0.3 is 10.2 Å². The molecule has 0 amide bonds. The van der Waals surface area contributed by atoms with Gasteiger partial charge in [0.05, 0.1) is 0 Å². The molecule has 0 aromatic carbocycles. The largest absolute Gasteiger partial charge is 0.313 e. The normalized spacial score (nSPS) is 15.7. The summed E-state index contributed by atoms with van der Waals surface area (Å²) in [5.74, 6) is 1.61. The van der Waals surface area contributed by atoms with Crippen LogP contribution in [0, 0.1) is 11.8 Å². The molecule has 2 nitrogen and oxygen atoms in total. The van der Waals surface area contributed by atoms with Crippen LogP contribution in [-0.2, 0) is 0 Å². The Morgan fingerprint density at radius 1 is 0.889 bits per heavy atom. The Bertz CT molecular complexity index is 190. The zero-order valence-electron chi connectivity index (χ0n) is 13.8. The maximum absolute atomic E-state index is 3.64. The van der Waals surface area contributed by atoms with Crippen LogP contribution in [-0.4, -0.2) is 37.1 Å². The molecule has 2 atom stereocenters. The second kappa shape index (κ2) is 9.80. The maximum Gasteiger partial charge on any atom is 0.0107 e. The predicted molar refractivity (Wildman–Crippen MR) is 83.1 cm³/mol. The molecule has 0 fully saturated rings. The van der Waals surface area contributed by atoms with Gasteiger partial charge in [0.1, 0.15) is 0 Å². The molecule has 2 heteroatoms. The first kappa shape index (κ1) is 17.9. The summed E-state index contributed by atoms with van der Waals surface area (Å²) in [5, 5.41) is 3.64. The van der Waals surface area contributed by atoms with Crippen LogP contribution in [0.1, 0.15) is 60.8 Å². The van der Waals surface area contributed by atoms with E-state index in [4.69, 9.17) is 0 Å². The molecule has 0 saturated carbocycles. The number of rotatable bonds is 10. The SMILES string of the molecule is CC(C)CCC(C)NCCN(C)C(C)CC(C)C. The molecule has 110 valence electrons. The lowest BCUT2D eigenvalue weighted by Gasteiger charge is -2.27. The third-order valence-corrected chi connectivity index (χ3v) is 3.70. The van der Waals surface area contributed by atoms with E-state index in [0.29, 0.717) is 12.1 Å². The minimum absolute atomic E-state index is 0.654. The number of hydrogen-bond acceptors (Lipinski definition) is 2. The quantitative estimate of drug-likeness (QED) is 0.640. The van der Waals surface area contributed by atoms with Gasteiger partial charge in [-0.3, -0.25) is 0 Å².